The summed E-state index contributed by atoms with van der Waals surface area (Å²) in [5, 5.41) is 9.62. The van der Waals surface area contributed by atoms with E-state index in [9.17, 15) is 5.11 Å². The number of hydrogen-bond donors (Lipinski definition) is 1. The molecule has 1 saturated carbocycles. The first-order chi connectivity index (χ1) is 8.08. The van der Waals surface area contributed by atoms with Crippen LogP contribution in [0.5, 0.6) is 0 Å². The fourth-order valence-corrected chi connectivity index (χ4v) is 2.06. The van der Waals surface area contributed by atoms with Gasteiger partial charge in [-0.05, 0) is 43.4 Å². The van der Waals surface area contributed by atoms with Crippen LogP contribution in [-0.4, -0.2) is 22.7 Å². The lowest BCUT2D eigenvalue weighted by molar-refractivity contribution is 0.199. The van der Waals surface area contributed by atoms with Crippen molar-refractivity contribution in [3.05, 3.63) is 23.9 Å². The van der Waals surface area contributed by atoms with Crippen LogP contribution in [0, 0.1) is 5.92 Å². The molecular weight excluding hydrogens is 212 g/mol. The lowest BCUT2D eigenvalue weighted by Crippen LogP contribution is -2.30. The SMILES string of the molecule is CC(C)CN(c1cc([C@@H](C)O)ccn1)C1CC1. The van der Waals surface area contributed by atoms with Gasteiger partial charge in [-0.25, -0.2) is 4.98 Å². The lowest BCUT2D eigenvalue weighted by Gasteiger charge is -2.26. The summed E-state index contributed by atoms with van der Waals surface area (Å²) in [6.45, 7) is 7.30. The Morgan fingerprint density at radius 3 is 2.65 bits per heavy atom. The maximum atomic E-state index is 9.62. The Bertz CT molecular complexity index is 372. The number of aromatic nitrogens is 1. The van der Waals surface area contributed by atoms with E-state index in [1.807, 2.05) is 12.1 Å². The van der Waals surface area contributed by atoms with E-state index in [1.54, 1.807) is 13.1 Å². The average Bonchev–Trinajstić information content (AvgIpc) is 3.09. The zero-order valence-corrected chi connectivity index (χ0v) is 10.9. The summed E-state index contributed by atoms with van der Waals surface area (Å²) in [5.74, 6) is 1.65. The first-order valence-corrected chi connectivity index (χ1v) is 6.48. The van der Waals surface area contributed by atoms with Gasteiger partial charge >= 0.3 is 0 Å². The van der Waals surface area contributed by atoms with Gasteiger partial charge in [-0.2, -0.15) is 0 Å². The highest BCUT2D eigenvalue weighted by molar-refractivity contribution is 5.44. The van der Waals surface area contributed by atoms with E-state index in [0.29, 0.717) is 12.0 Å². The molecule has 0 aromatic carbocycles. The molecule has 94 valence electrons. The minimum Gasteiger partial charge on any atom is -0.389 e. The number of hydrogen-bond acceptors (Lipinski definition) is 3. The molecule has 0 saturated heterocycles. The molecule has 2 rings (SSSR count). The highest BCUT2D eigenvalue weighted by atomic mass is 16.3. The average molecular weight is 234 g/mol. The molecule has 0 aliphatic heterocycles. The van der Waals surface area contributed by atoms with Gasteiger partial charge in [0.25, 0.3) is 0 Å². The van der Waals surface area contributed by atoms with Crippen molar-refractivity contribution in [1.29, 1.82) is 0 Å². The zero-order valence-electron chi connectivity index (χ0n) is 10.9. The molecule has 0 spiro atoms. The summed E-state index contributed by atoms with van der Waals surface area (Å²) < 4.78 is 0. The Kier molecular flexibility index (Phi) is 3.67. The molecule has 0 unspecified atom stereocenters. The molecule has 1 fully saturated rings. The van der Waals surface area contributed by atoms with E-state index in [2.05, 4.69) is 23.7 Å². The second kappa shape index (κ2) is 5.05. The number of nitrogens with zero attached hydrogens (tertiary/aromatic N) is 2. The van der Waals surface area contributed by atoms with Gasteiger partial charge in [-0.1, -0.05) is 13.8 Å². The molecule has 1 aliphatic carbocycles. The maximum absolute atomic E-state index is 9.62. The van der Waals surface area contributed by atoms with Crippen LogP contribution in [0.3, 0.4) is 0 Å². The Morgan fingerprint density at radius 2 is 2.12 bits per heavy atom. The predicted molar refractivity (Wildman–Crippen MR) is 70.1 cm³/mol. The van der Waals surface area contributed by atoms with Crippen LogP contribution in [0.15, 0.2) is 18.3 Å². The maximum Gasteiger partial charge on any atom is 0.129 e. The molecule has 1 aliphatic rings. The third kappa shape index (κ3) is 3.19. The van der Waals surface area contributed by atoms with E-state index in [0.717, 1.165) is 17.9 Å². The summed E-state index contributed by atoms with van der Waals surface area (Å²) in [6, 6.07) is 4.56. The summed E-state index contributed by atoms with van der Waals surface area (Å²) in [6.07, 6.45) is 3.92. The Labute approximate surface area is 103 Å². The van der Waals surface area contributed by atoms with Crippen molar-refractivity contribution in [2.24, 2.45) is 5.92 Å². The van der Waals surface area contributed by atoms with Gasteiger partial charge in [0.15, 0.2) is 0 Å². The van der Waals surface area contributed by atoms with Crippen molar-refractivity contribution < 1.29 is 5.11 Å². The quantitative estimate of drug-likeness (QED) is 0.851. The third-order valence-corrected chi connectivity index (χ3v) is 3.10. The van der Waals surface area contributed by atoms with Crippen LogP contribution in [0.25, 0.3) is 0 Å². The molecule has 1 atom stereocenters. The van der Waals surface area contributed by atoms with Crippen molar-refractivity contribution in [3.8, 4) is 0 Å². The highest BCUT2D eigenvalue weighted by Gasteiger charge is 2.30. The summed E-state index contributed by atoms with van der Waals surface area (Å²) in [7, 11) is 0. The van der Waals surface area contributed by atoms with Crippen molar-refractivity contribution in [3.63, 3.8) is 0 Å². The zero-order chi connectivity index (χ0) is 12.4. The standard InChI is InChI=1S/C14H22N2O/c1-10(2)9-16(13-4-5-13)14-8-12(11(3)17)6-7-15-14/h6-8,10-11,13,17H,4-5,9H2,1-3H3/t11-/m1/s1. The van der Waals surface area contributed by atoms with Crippen LogP contribution in [0.1, 0.15) is 45.3 Å². The molecule has 17 heavy (non-hydrogen) atoms. The fourth-order valence-electron chi connectivity index (χ4n) is 2.06. The molecule has 3 heteroatoms. The van der Waals surface area contributed by atoms with E-state index < -0.39 is 6.10 Å². The van der Waals surface area contributed by atoms with Gasteiger partial charge in [-0.3, -0.25) is 0 Å². The minimum atomic E-state index is -0.420. The predicted octanol–water partition coefficient (Wildman–Crippen LogP) is 2.76. The third-order valence-electron chi connectivity index (χ3n) is 3.10. The van der Waals surface area contributed by atoms with Crippen molar-refractivity contribution in [2.45, 2.75) is 45.8 Å². The number of rotatable bonds is 5. The first-order valence-electron chi connectivity index (χ1n) is 6.48. The fraction of sp³-hybridized carbons (Fsp3) is 0.643. The van der Waals surface area contributed by atoms with E-state index >= 15 is 0 Å². The van der Waals surface area contributed by atoms with Crippen molar-refractivity contribution in [1.82, 2.24) is 4.98 Å². The summed E-state index contributed by atoms with van der Waals surface area (Å²) >= 11 is 0. The van der Waals surface area contributed by atoms with Gasteiger partial charge < -0.3 is 10.0 Å². The molecule has 1 aromatic rings. The first kappa shape index (κ1) is 12.4. The van der Waals surface area contributed by atoms with Gasteiger partial charge in [0.05, 0.1) is 6.10 Å². The number of aliphatic hydroxyl groups is 1. The molecule has 0 amide bonds. The van der Waals surface area contributed by atoms with E-state index in [1.165, 1.54) is 12.8 Å². The van der Waals surface area contributed by atoms with Crippen LogP contribution in [0.2, 0.25) is 0 Å². The largest absolute Gasteiger partial charge is 0.389 e. The molecule has 0 bridgehead atoms. The van der Waals surface area contributed by atoms with Crippen LogP contribution >= 0.6 is 0 Å². The second-order valence-electron chi connectivity index (χ2n) is 5.40. The number of aliphatic hydroxyl groups excluding tert-OH is 1. The minimum absolute atomic E-state index is 0.420. The normalized spacial score (nSPS) is 17.2. The number of pyridine rings is 1. The van der Waals surface area contributed by atoms with Crippen molar-refractivity contribution in [2.75, 3.05) is 11.4 Å². The summed E-state index contributed by atoms with van der Waals surface area (Å²) in [5.41, 5.74) is 0.949. The van der Waals surface area contributed by atoms with Gasteiger partial charge in [-0.15, -0.1) is 0 Å². The molecule has 3 nitrogen and oxygen atoms in total. The second-order valence-corrected chi connectivity index (χ2v) is 5.40. The smallest absolute Gasteiger partial charge is 0.129 e. The van der Waals surface area contributed by atoms with Crippen LogP contribution < -0.4 is 4.90 Å². The van der Waals surface area contributed by atoms with E-state index in [4.69, 9.17) is 0 Å². The highest BCUT2D eigenvalue weighted by Crippen LogP contribution is 2.32. The molecule has 0 radical (unpaired) electrons. The Balaban J connectivity index is 2.19. The Hall–Kier alpha value is -1.09. The Morgan fingerprint density at radius 1 is 1.41 bits per heavy atom. The van der Waals surface area contributed by atoms with Gasteiger partial charge in [0.1, 0.15) is 5.82 Å². The molecular formula is C14H22N2O. The molecule has 1 heterocycles. The van der Waals surface area contributed by atoms with Gasteiger partial charge in [0, 0.05) is 18.8 Å². The van der Waals surface area contributed by atoms with Crippen molar-refractivity contribution >= 4 is 5.82 Å². The van der Waals surface area contributed by atoms with E-state index in [-0.39, 0.29) is 0 Å². The van der Waals surface area contributed by atoms with Crippen LogP contribution in [-0.2, 0) is 0 Å². The summed E-state index contributed by atoms with van der Waals surface area (Å²) in [4.78, 5) is 6.84. The monoisotopic (exact) mass is 234 g/mol. The molecule has 1 aromatic heterocycles. The molecule has 1 N–H and O–H groups in total. The van der Waals surface area contributed by atoms with Gasteiger partial charge in [0.2, 0.25) is 0 Å². The lowest BCUT2D eigenvalue weighted by atomic mass is 10.1. The van der Waals surface area contributed by atoms with Crippen LogP contribution in [0.4, 0.5) is 5.82 Å². The topological polar surface area (TPSA) is 36.4 Å². The number of anilines is 1.